The summed E-state index contributed by atoms with van der Waals surface area (Å²) in [6.07, 6.45) is 3.33. The number of benzene rings is 1. The lowest BCUT2D eigenvalue weighted by Crippen LogP contribution is -2.45. The van der Waals surface area contributed by atoms with Gasteiger partial charge in [-0.15, -0.1) is 0 Å². The van der Waals surface area contributed by atoms with Crippen molar-refractivity contribution in [3.05, 3.63) is 35.4 Å². The van der Waals surface area contributed by atoms with Crippen LogP contribution in [0, 0.1) is 11.8 Å². The first-order valence-corrected chi connectivity index (χ1v) is 11.9. The molecule has 0 bridgehead atoms. The van der Waals surface area contributed by atoms with E-state index >= 15 is 0 Å². The van der Waals surface area contributed by atoms with Crippen LogP contribution in [-0.2, 0) is 15.3 Å². The minimum Gasteiger partial charge on any atom is -0.452 e. The van der Waals surface area contributed by atoms with Crippen molar-refractivity contribution in [1.82, 2.24) is 5.32 Å². The van der Waals surface area contributed by atoms with E-state index in [4.69, 9.17) is 4.74 Å². The van der Waals surface area contributed by atoms with E-state index in [0.717, 1.165) is 35.1 Å². The van der Waals surface area contributed by atoms with Crippen LogP contribution in [0.25, 0.3) is 0 Å². The van der Waals surface area contributed by atoms with E-state index in [1.165, 1.54) is 6.42 Å². The SMILES string of the molecule is C[C@@H]1[C@@H](C)CCC[C@H]1NC(=O)COC(=O)c1ccccc1CSC1=NCCS1. The molecule has 0 spiro atoms. The molecule has 1 aromatic rings. The molecule has 0 saturated heterocycles. The summed E-state index contributed by atoms with van der Waals surface area (Å²) < 4.78 is 6.38. The third-order valence-corrected chi connectivity index (χ3v) is 7.83. The first-order chi connectivity index (χ1) is 13.5. The van der Waals surface area contributed by atoms with Crippen molar-refractivity contribution in [1.29, 1.82) is 0 Å². The Morgan fingerprint density at radius 2 is 2.11 bits per heavy atom. The van der Waals surface area contributed by atoms with Crippen molar-refractivity contribution in [2.24, 2.45) is 16.8 Å². The van der Waals surface area contributed by atoms with Gasteiger partial charge < -0.3 is 10.1 Å². The van der Waals surface area contributed by atoms with Gasteiger partial charge in [-0.1, -0.05) is 68.4 Å². The smallest absolute Gasteiger partial charge is 0.338 e. The van der Waals surface area contributed by atoms with Crippen LogP contribution in [0.15, 0.2) is 29.3 Å². The summed E-state index contributed by atoms with van der Waals surface area (Å²) in [7, 11) is 0. The number of aliphatic imine (C=N–C) groups is 1. The van der Waals surface area contributed by atoms with Crippen molar-refractivity contribution < 1.29 is 14.3 Å². The predicted octanol–water partition coefficient (Wildman–Crippen LogP) is 4.12. The highest BCUT2D eigenvalue weighted by atomic mass is 32.2. The summed E-state index contributed by atoms with van der Waals surface area (Å²) in [5, 5.41) is 3.04. The summed E-state index contributed by atoms with van der Waals surface area (Å²) >= 11 is 3.39. The molecule has 7 heteroatoms. The van der Waals surface area contributed by atoms with E-state index in [2.05, 4.69) is 24.2 Å². The van der Waals surface area contributed by atoms with Gasteiger partial charge in [0.2, 0.25) is 0 Å². The molecule has 1 N–H and O–H groups in total. The van der Waals surface area contributed by atoms with Gasteiger partial charge in [0.1, 0.15) is 4.38 Å². The van der Waals surface area contributed by atoms with Crippen LogP contribution in [0.2, 0.25) is 0 Å². The molecule has 1 saturated carbocycles. The number of nitrogens with zero attached hydrogens (tertiary/aromatic N) is 1. The van der Waals surface area contributed by atoms with Gasteiger partial charge in [0.05, 0.1) is 12.1 Å². The minimum atomic E-state index is -0.447. The molecule has 1 aromatic carbocycles. The van der Waals surface area contributed by atoms with E-state index in [1.807, 2.05) is 18.2 Å². The zero-order valence-corrected chi connectivity index (χ0v) is 18.1. The fraction of sp³-hybridized carbons (Fsp3) is 0.571. The number of rotatable bonds is 6. The van der Waals surface area contributed by atoms with Crippen LogP contribution >= 0.6 is 23.5 Å². The van der Waals surface area contributed by atoms with Crippen LogP contribution in [-0.4, -0.2) is 41.2 Å². The number of carbonyl (C=O) groups is 2. The van der Waals surface area contributed by atoms with Gasteiger partial charge in [-0.05, 0) is 29.9 Å². The molecule has 2 aliphatic rings. The second kappa shape index (κ2) is 10.3. The van der Waals surface area contributed by atoms with E-state index in [1.54, 1.807) is 29.6 Å². The molecule has 28 heavy (non-hydrogen) atoms. The van der Waals surface area contributed by atoms with Crippen molar-refractivity contribution in [3.63, 3.8) is 0 Å². The topological polar surface area (TPSA) is 67.8 Å². The molecule has 1 fully saturated rings. The van der Waals surface area contributed by atoms with Gasteiger partial charge in [0.25, 0.3) is 5.91 Å². The Morgan fingerprint density at radius 1 is 1.29 bits per heavy atom. The largest absolute Gasteiger partial charge is 0.452 e. The Hall–Kier alpha value is -1.47. The van der Waals surface area contributed by atoms with Crippen LogP contribution in [0.1, 0.15) is 49.0 Å². The lowest BCUT2D eigenvalue weighted by Gasteiger charge is -2.34. The van der Waals surface area contributed by atoms with Gasteiger partial charge in [-0.2, -0.15) is 0 Å². The van der Waals surface area contributed by atoms with Crippen molar-refractivity contribution in [2.75, 3.05) is 18.9 Å². The molecule has 1 amide bonds. The molecule has 1 aliphatic carbocycles. The minimum absolute atomic E-state index is 0.170. The number of carbonyl (C=O) groups excluding carboxylic acids is 2. The van der Waals surface area contributed by atoms with Gasteiger partial charge in [-0.3, -0.25) is 9.79 Å². The second-order valence-electron chi connectivity index (χ2n) is 7.46. The van der Waals surface area contributed by atoms with Crippen LogP contribution in [0.3, 0.4) is 0 Å². The molecule has 0 unspecified atom stereocenters. The Balaban J connectivity index is 1.51. The highest BCUT2D eigenvalue weighted by Gasteiger charge is 2.28. The normalized spacial score (nSPS) is 24.5. The number of amides is 1. The molecule has 1 aliphatic heterocycles. The zero-order valence-electron chi connectivity index (χ0n) is 16.5. The summed E-state index contributed by atoms with van der Waals surface area (Å²) in [6, 6.07) is 7.58. The molecular weight excluding hydrogens is 392 g/mol. The fourth-order valence-electron chi connectivity index (χ4n) is 3.63. The first kappa shape index (κ1) is 21.2. The number of ether oxygens (including phenoxy) is 1. The average Bonchev–Trinajstić information content (AvgIpc) is 3.22. The van der Waals surface area contributed by atoms with Gasteiger partial charge in [-0.25, -0.2) is 4.79 Å². The number of thioether (sulfide) groups is 2. The van der Waals surface area contributed by atoms with E-state index in [9.17, 15) is 9.59 Å². The van der Waals surface area contributed by atoms with Crippen molar-refractivity contribution >= 4 is 39.8 Å². The zero-order chi connectivity index (χ0) is 19.9. The average molecular weight is 421 g/mol. The lowest BCUT2D eigenvalue weighted by atomic mass is 9.78. The maximum Gasteiger partial charge on any atom is 0.338 e. The van der Waals surface area contributed by atoms with E-state index in [0.29, 0.717) is 23.2 Å². The van der Waals surface area contributed by atoms with E-state index < -0.39 is 5.97 Å². The standard InChI is InChI=1S/C21H28N2O3S2/c1-14-6-5-9-18(15(14)2)23-19(24)12-26-20(25)17-8-4-3-7-16(17)13-28-21-22-10-11-27-21/h3-4,7-8,14-15,18H,5-6,9-13H2,1-2H3,(H,23,24)/t14-,15+,18+/m0/s1. The maximum absolute atomic E-state index is 12.5. The van der Waals surface area contributed by atoms with Gasteiger partial charge in [0.15, 0.2) is 6.61 Å². The van der Waals surface area contributed by atoms with Gasteiger partial charge in [0, 0.05) is 17.5 Å². The Bertz CT molecular complexity index is 738. The third kappa shape index (κ3) is 5.77. The first-order valence-electron chi connectivity index (χ1n) is 9.89. The highest BCUT2D eigenvalue weighted by Crippen LogP contribution is 2.29. The van der Waals surface area contributed by atoms with Gasteiger partial charge >= 0.3 is 5.97 Å². The summed E-state index contributed by atoms with van der Waals surface area (Å²) in [6.45, 7) is 5.04. The molecule has 1 heterocycles. The van der Waals surface area contributed by atoms with Crippen molar-refractivity contribution in [2.45, 2.75) is 44.9 Å². The molecule has 0 aromatic heterocycles. The van der Waals surface area contributed by atoms with Crippen LogP contribution in [0.4, 0.5) is 0 Å². The Kier molecular flexibility index (Phi) is 7.85. The molecule has 3 rings (SSSR count). The molecule has 152 valence electrons. The number of esters is 1. The molecular formula is C21H28N2O3S2. The third-order valence-electron chi connectivity index (χ3n) is 5.53. The van der Waals surface area contributed by atoms with Crippen LogP contribution < -0.4 is 5.32 Å². The van der Waals surface area contributed by atoms with Crippen molar-refractivity contribution in [3.8, 4) is 0 Å². The number of hydrogen-bond donors (Lipinski definition) is 1. The summed E-state index contributed by atoms with van der Waals surface area (Å²) in [5.74, 6) is 2.08. The maximum atomic E-state index is 12.5. The number of hydrogen-bond acceptors (Lipinski definition) is 6. The fourth-order valence-corrected chi connectivity index (χ4v) is 5.64. The number of nitrogens with one attached hydrogen (secondary N) is 1. The summed E-state index contributed by atoms with van der Waals surface area (Å²) in [4.78, 5) is 29.2. The quantitative estimate of drug-likeness (QED) is 0.701. The molecule has 5 nitrogen and oxygen atoms in total. The highest BCUT2D eigenvalue weighted by molar-refractivity contribution is 8.38. The monoisotopic (exact) mass is 420 g/mol. The predicted molar refractivity (Wildman–Crippen MR) is 117 cm³/mol. The molecule has 3 atom stereocenters. The Morgan fingerprint density at radius 3 is 2.89 bits per heavy atom. The lowest BCUT2D eigenvalue weighted by molar-refractivity contribution is -0.125. The second-order valence-corrected chi connectivity index (χ2v) is 9.77. The summed E-state index contributed by atoms with van der Waals surface area (Å²) in [5.41, 5.74) is 1.42. The molecule has 0 radical (unpaired) electrons. The van der Waals surface area contributed by atoms with E-state index in [-0.39, 0.29) is 18.6 Å². The Labute approximate surface area is 175 Å². The van der Waals surface area contributed by atoms with Crippen LogP contribution in [0.5, 0.6) is 0 Å².